The summed E-state index contributed by atoms with van der Waals surface area (Å²) < 4.78 is 33.5. The zero-order chi connectivity index (χ0) is 37.5. The predicted molar refractivity (Wildman–Crippen MR) is 201 cm³/mol. The van der Waals surface area contributed by atoms with Crippen molar-refractivity contribution >= 4 is 33.8 Å². The van der Waals surface area contributed by atoms with Gasteiger partial charge in [0.15, 0.2) is 0 Å². The number of sulfonamides is 1. The highest BCUT2D eigenvalue weighted by atomic mass is 32.2. The van der Waals surface area contributed by atoms with E-state index in [2.05, 4.69) is 63.9 Å². The molecule has 0 aromatic heterocycles. The Balaban J connectivity index is 1.19. The van der Waals surface area contributed by atoms with Crippen LogP contribution in [0.1, 0.15) is 108 Å². The highest BCUT2D eigenvalue weighted by Gasteiger charge is 2.67. The summed E-state index contributed by atoms with van der Waals surface area (Å²) in [7, 11) is -3.82. The van der Waals surface area contributed by atoms with Gasteiger partial charge in [-0.3, -0.25) is 19.1 Å². The first kappa shape index (κ1) is 37.4. The number of nitrogens with zero attached hydrogens (tertiary/aromatic N) is 1. The van der Waals surface area contributed by atoms with Crippen LogP contribution in [0.25, 0.3) is 11.1 Å². The molecule has 3 N–H and O–H groups in total. The number of fused-ring (bicyclic) bond motifs is 13. The quantitative estimate of drug-likeness (QED) is 0.349. The van der Waals surface area contributed by atoms with E-state index in [0.29, 0.717) is 25.7 Å². The number of hydrogen-bond acceptors (Lipinski definition) is 7. The Kier molecular flexibility index (Phi) is 10.4. The van der Waals surface area contributed by atoms with Crippen LogP contribution >= 0.6 is 0 Å². The van der Waals surface area contributed by atoms with Crippen LogP contribution in [0.3, 0.4) is 0 Å². The number of nitrogens with one attached hydrogen (secondary N) is 3. The number of hydrogen-bond donors (Lipinski definition) is 3. The van der Waals surface area contributed by atoms with E-state index in [9.17, 15) is 27.6 Å². The van der Waals surface area contributed by atoms with Crippen LogP contribution < -0.4 is 15.4 Å². The molecule has 3 aliphatic carbocycles. The Bertz CT molecular complexity index is 1830. The maximum atomic E-state index is 14.6. The number of alkyl carbamates (subject to hydrolysis) is 1. The van der Waals surface area contributed by atoms with Crippen LogP contribution in [-0.4, -0.2) is 73.2 Å². The van der Waals surface area contributed by atoms with Crippen molar-refractivity contribution in [2.75, 3.05) is 13.2 Å². The molecule has 2 aromatic carbocycles. The SMILES string of the molecule is CC(C)(C)[C@@H]1NC(=O)OCCCCCCCc2ccccc2-c2ccc(cc2)[C@@H]2C[C@@H](C(=O)N[C@]3(C(=O)NS(=O)(=O)C4CC4)C[C@H]3C3CC3)N(C2)C1=O. The van der Waals surface area contributed by atoms with E-state index < -0.39 is 62.1 Å². The summed E-state index contributed by atoms with van der Waals surface area (Å²) in [6.07, 6.45) is 8.67. The highest BCUT2D eigenvalue weighted by Crippen LogP contribution is 2.57. The summed E-state index contributed by atoms with van der Waals surface area (Å²) in [5.74, 6) is -1.68. The van der Waals surface area contributed by atoms with E-state index in [1.54, 1.807) is 4.90 Å². The number of benzene rings is 2. The minimum Gasteiger partial charge on any atom is -0.450 e. The van der Waals surface area contributed by atoms with Crippen molar-refractivity contribution < 1.29 is 32.3 Å². The molecular formula is C41H54N4O7S. The smallest absolute Gasteiger partial charge is 0.407 e. The number of aryl methyl sites for hydroxylation is 1. The molecule has 286 valence electrons. The molecule has 3 heterocycles. The van der Waals surface area contributed by atoms with E-state index in [0.717, 1.165) is 62.5 Å². The third kappa shape index (κ3) is 8.27. The van der Waals surface area contributed by atoms with Crippen molar-refractivity contribution in [1.29, 1.82) is 0 Å². The van der Waals surface area contributed by atoms with E-state index in [4.69, 9.17) is 4.74 Å². The van der Waals surface area contributed by atoms with Gasteiger partial charge in [0.1, 0.15) is 17.6 Å². The fourth-order valence-electron chi connectivity index (χ4n) is 8.41. The maximum absolute atomic E-state index is 14.6. The third-order valence-corrected chi connectivity index (χ3v) is 13.8. The van der Waals surface area contributed by atoms with Crippen molar-refractivity contribution in [2.45, 2.75) is 127 Å². The van der Waals surface area contributed by atoms with Crippen molar-refractivity contribution in [1.82, 2.24) is 20.3 Å². The van der Waals surface area contributed by atoms with Crippen molar-refractivity contribution in [2.24, 2.45) is 17.3 Å². The number of carbonyl (C=O) groups is 4. The fraction of sp³-hybridized carbons (Fsp3) is 0.610. The largest absolute Gasteiger partial charge is 0.450 e. The zero-order valence-electron chi connectivity index (χ0n) is 31.2. The second kappa shape index (κ2) is 14.7. The van der Waals surface area contributed by atoms with Crippen molar-refractivity contribution in [3.05, 3.63) is 59.7 Å². The first-order chi connectivity index (χ1) is 25.3. The monoisotopic (exact) mass is 746 g/mol. The first-order valence-corrected chi connectivity index (χ1v) is 21.1. The lowest BCUT2D eigenvalue weighted by Crippen LogP contribution is -2.60. The fourth-order valence-corrected chi connectivity index (χ4v) is 9.78. The number of amides is 4. The molecule has 6 aliphatic rings. The molecule has 3 aliphatic heterocycles. The molecule has 53 heavy (non-hydrogen) atoms. The van der Waals surface area contributed by atoms with Crippen molar-refractivity contribution in [3.8, 4) is 11.1 Å². The number of ether oxygens (including phenoxy) is 1. The Hall–Kier alpha value is -3.93. The van der Waals surface area contributed by atoms with Crippen LogP contribution in [0.4, 0.5) is 4.79 Å². The Morgan fingerprint density at radius 2 is 1.62 bits per heavy atom. The second-order valence-electron chi connectivity index (χ2n) is 17.1. The van der Waals surface area contributed by atoms with Gasteiger partial charge < -0.3 is 20.3 Å². The van der Waals surface area contributed by atoms with E-state index in [1.807, 2.05) is 20.8 Å². The molecule has 0 spiro atoms. The molecule has 0 radical (unpaired) electrons. The molecule has 12 heteroatoms. The summed E-state index contributed by atoms with van der Waals surface area (Å²) in [6, 6.07) is 14.9. The Morgan fingerprint density at radius 1 is 0.925 bits per heavy atom. The number of carbonyl (C=O) groups excluding carboxylic acids is 4. The van der Waals surface area contributed by atoms with Gasteiger partial charge in [-0.2, -0.15) is 0 Å². The topological polar surface area (TPSA) is 151 Å². The lowest BCUT2D eigenvalue weighted by atomic mass is 9.85. The summed E-state index contributed by atoms with van der Waals surface area (Å²) in [4.78, 5) is 57.4. The summed E-state index contributed by atoms with van der Waals surface area (Å²) in [5, 5.41) is 5.25. The molecule has 11 nitrogen and oxygen atoms in total. The summed E-state index contributed by atoms with van der Waals surface area (Å²) in [5.41, 5.74) is 2.52. The van der Waals surface area contributed by atoms with Gasteiger partial charge in [-0.15, -0.1) is 0 Å². The third-order valence-electron chi connectivity index (χ3n) is 12.0. The number of rotatable bonds is 6. The van der Waals surface area contributed by atoms with Gasteiger partial charge in [0.25, 0.3) is 5.91 Å². The van der Waals surface area contributed by atoms with E-state index in [-0.39, 0.29) is 30.9 Å². The molecule has 3 saturated carbocycles. The standard InChI is InChI=1S/C41H54N4O7S/c1-40(2,3)35-37(47)45-25-30(23-34(45)36(46)43-41(24-33(41)29-18-19-29)38(48)44-53(50,51)31-20-21-31)26-14-16-28(17-15-26)32-13-9-8-12-27(32)11-7-5-4-6-10-22-52-39(49)42-35/h8-9,12-17,29-31,33-35H,4-7,10-11,18-25H2,1-3H3,(H,42,49)(H,43,46)(H,44,48)/t30-,33+,34+,35-,41-/m1/s1. The minimum absolute atomic E-state index is 0.156. The molecule has 4 amide bonds. The van der Waals surface area contributed by atoms with Gasteiger partial charge in [-0.25, -0.2) is 13.2 Å². The first-order valence-electron chi connectivity index (χ1n) is 19.6. The Morgan fingerprint density at radius 3 is 2.32 bits per heavy atom. The average Bonchev–Trinajstić information content (AvgIpc) is 4.00. The van der Waals surface area contributed by atoms with Gasteiger partial charge in [-0.1, -0.05) is 88.6 Å². The van der Waals surface area contributed by atoms with Crippen LogP contribution in [0, 0.1) is 17.3 Å². The van der Waals surface area contributed by atoms with Gasteiger partial charge in [0.05, 0.1) is 11.9 Å². The normalized spacial score (nSPS) is 28.5. The van der Waals surface area contributed by atoms with Crippen LogP contribution in [-0.2, 0) is 35.6 Å². The minimum atomic E-state index is -3.82. The predicted octanol–water partition coefficient (Wildman–Crippen LogP) is 5.58. The molecule has 0 unspecified atom stereocenters. The molecule has 4 fully saturated rings. The van der Waals surface area contributed by atoms with Crippen molar-refractivity contribution in [3.63, 3.8) is 0 Å². The molecule has 8 rings (SSSR count). The van der Waals surface area contributed by atoms with E-state index >= 15 is 0 Å². The van der Waals surface area contributed by atoms with E-state index in [1.165, 1.54) is 11.1 Å². The van der Waals surface area contributed by atoms with Crippen LogP contribution in [0.5, 0.6) is 0 Å². The van der Waals surface area contributed by atoms with Gasteiger partial charge in [0.2, 0.25) is 21.8 Å². The summed E-state index contributed by atoms with van der Waals surface area (Å²) in [6.45, 7) is 6.06. The van der Waals surface area contributed by atoms with Crippen LogP contribution in [0.15, 0.2) is 48.5 Å². The lowest BCUT2D eigenvalue weighted by Gasteiger charge is -2.35. The van der Waals surface area contributed by atoms with Gasteiger partial charge in [-0.05, 0) is 97.3 Å². The molecule has 1 saturated heterocycles. The summed E-state index contributed by atoms with van der Waals surface area (Å²) >= 11 is 0. The maximum Gasteiger partial charge on any atom is 0.407 e. The molecule has 5 atom stereocenters. The lowest BCUT2D eigenvalue weighted by molar-refractivity contribution is -0.142. The molecule has 4 bridgehead atoms. The van der Waals surface area contributed by atoms with Gasteiger partial charge in [0, 0.05) is 12.5 Å². The zero-order valence-corrected chi connectivity index (χ0v) is 32.0. The highest BCUT2D eigenvalue weighted by molar-refractivity contribution is 7.91. The van der Waals surface area contributed by atoms with Gasteiger partial charge >= 0.3 is 6.09 Å². The van der Waals surface area contributed by atoms with Crippen LogP contribution in [0.2, 0.25) is 0 Å². The average molecular weight is 747 g/mol. The second-order valence-corrected chi connectivity index (χ2v) is 19.1. The molecule has 2 aromatic rings. The Labute approximate surface area is 313 Å². The molecular weight excluding hydrogens is 693 g/mol.